The molecule has 1 saturated heterocycles. The minimum Gasteiger partial charge on any atom is -0.356 e. The van der Waals surface area contributed by atoms with Crippen molar-refractivity contribution in [2.24, 2.45) is 0 Å². The number of hydrogen-bond donors (Lipinski definition) is 1. The molecule has 0 saturated carbocycles. The van der Waals surface area contributed by atoms with E-state index in [1.807, 2.05) is 30.3 Å². The molecule has 1 aromatic heterocycles. The van der Waals surface area contributed by atoms with Gasteiger partial charge in [0.25, 0.3) is 0 Å². The number of amides is 1. The smallest absolute Gasteiger partial charge is 0.311 e. The number of hydrogen-bond acceptors (Lipinski definition) is 5. The third kappa shape index (κ3) is 3.51. The van der Waals surface area contributed by atoms with Gasteiger partial charge in [0, 0.05) is 31.8 Å². The van der Waals surface area contributed by atoms with Crippen LogP contribution >= 0.6 is 0 Å². The number of anilines is 1. The average molecular weight is 326 g/mol. The summed E-state index contributed by atoms with van der Waals surface area (Å²) in [5.74, 6) is 0.330. The second-order valence-corrected chi connectivity index (χ2v) is 5.68. The molecule has 1 atom stereocenters. The van der Waals surface area contributed by atoms with E-state index in [0.29, 0.717) is 19.5 Å². The van der Waals surface area contributed by atoms with Gasteiger partial charge in [-0.05, 0) is 18.1 Å². The van der Waals surface area contributed by atoms with E-state index in [1.165, 1.54) is 18.3 Å². The van der Waals surface area contributed by atoms with Crippen LogP contribution in [0.1, 0.15) is 24.4 Å². The summed E-state index contributed by atoms with van der Waals surface area (Å²) in [5.41, 5.74) is 0.878. The number of carbonyl (C=O) groups excluding carboxylic acids is 1. The van der Waals surface area contributed by atoms with Gasteiger partial charge in [0.15, 0.2) is 0 Å². The van der Waals surface area contributed by atoms with Crippen LogP contribution in [0.25, 0.3) is 0 Å². The zero-order chi connectivity index (χ0) is 16.9. The van der Waals surface area contributed by atoms with Crippen LogP contribution in [-0.2, 0) is 4.79 Å². The van der Waals surface area contributed by atoms with Gasteiger partial charge < -0.3 is 10.2 Å². The van der Waals surface area contributed by atoms with Gasteiger partial charge in [-0.25, -0.2) is 4.98 Å². The van der Waals surface area contributed by atoms with Crippen LogP contribution in [0.2, 0.25) is 0 Å². The Labute approximate surface area is 139 Å². The van der Waals surface area contributed by atoms with Crippen molar-refractivity contribution < 1.29 is 9.72 Å². The number of rotatable bonds is 6. The molecule has 7 heteroatoms. The molecule has 1 fully saturated rings. The quantitative estimate of drug-likeness (QED) is 0.651. The van der Waals surface area contributed by atoms with Crippen LogP contribution in [-0.4, -0.2) is 33.8 Å². The maximum atomic E-state index is 11.9. The van der Waals surface area contributed by atoms with Crippen LogP contribution in [0, 0.1) is 10.1 Å². The maximum absolute atomic E-state index is 11.9. The maximum Gasteiger partial charge on any atom is 0.311 e. The Balaban J connectivity index is 1.88. The fourth-order valence-electron chi connectivity index (χ4n) is 2.86. The van der Waals surface area contributed by atoms with Gasteiger partial charge in [0.2, 0.25) is 11.7 Å². The molecule has 2 aromatic rings. The third-order valence-electron chi connectivity index (χ3n) is 4.07. The molecule has 0 bridgehead atoms. The molecule has 0 radical (unpaired) electrons. The number of nitrogens with one attached hydrogen (secondary N) is 1. The van der Waals surface area contributed by atoms with E-state index in [2.05, 4.69) is 10.3 Å². The van der Waals surface area contributed by atoms with Crippen LogP contribution in [0.15, 0.2) is 48.7 Å². The van der Waals surface area contributed by atoms with Gasteiger partial charge in [-0.3, -0.25) is 14.9 Å². The molecule has 1 amide bonds. The van der Waals surface area contributed by atoms with Crippen molar-refractivity contribution in [3.8, 4) is 0 Å². The average Bonchev–Trinajstić information content (AvgIpc) is 3.00. The number of nitrogens with zero attached hydrogens (tertiary/aromatic N) is 3. The summed E-state index contributed by atoms with van der Waals surface area (Å²) >= 11 is 0. The Morgan fingerprint density at radius 1 is 1.25 bits per heavy atom. The highest BCUT2D eigenvalue weighted by molar-refractivity contribution is 5.78. The van der Waals surface area contributed by atoms with E-state index in [1.54, 1.807) is 4.90 Å². The van der Waals surface area contributed by atoms with E-state index >= 15 is 0 Å². The Kier molecular flexibility index (Phi) is 4.69. The molecule has 1 aliphatic heterocycles. The van der Waals surface area contributed by atoms with Crippen LogP contribution in [0.4, 0.5) is 11.5 Å². The summed E-state index contributed by atoms with van der Waals surface area (Å²) in [6.07, 6.45) is 2.92. The Bertz CT molecular complexity index is 736. The molecule has 2 heterocycles. The summed E-state index contributed by atoms with van der Waals surface area (Å²) in [6, 6.07) is 12.3. The first-order valence-corrected chi connectivity index (χ1v) is 7.84. The number of aromatic nitrogens is 1. The highest BCUT2D eigenvalue weighted by atomic mass is 16.6. The lowest BCUT2D eigenvalue weighted by Crippen LogP contribution is -2.32. The van der Waals surface area contributed by atoms with Gasteiger partial charge in [-0.2, -0.15) is 0 Å². The molecule has 3 rings (SSSR count). The molecule has 0 unspecified atom stereocenters. The Morgan fingerprint density at radius 2 is 2.04 bits per heavy atom. The summed E-state index contributed by atoms with van der Waals surface area (Å²) in [6.45, 7) is 1.17. The Hall–Kier alpha value is -2.96. The molecule has 1 aliphatic rings. The van der Waals surface area contributed by atoms with Crippen molar-refractivity contribution in [1.29, 1.82) is 0 Å². The lowest BCUT2D eigenvalue weighted by atomic mass is 10.1. The molecular weight excluding hydrogens is 308 g/mol. The summed E-state index contributed by atoms with van der Waals surface area (Å²) in [7, 11) is 0. The van der Waals surface area contributed by atoms with Gasteiger partial charge in [0.05, 0.1) is 11.0 Å². The van der Waals surface area contributed by atoms with Crippen molar-refractivity contribution in [1.82, 2.24) is 9.88 Å². The monoisotopic (exact) mass is 326 g/mol. The largest absolute Gasteiger partial charge is 0.356 e. The van der Waals surface area contributed by atoms with Gasteiger partial charge in [-0.1, -0.05) is 30.3 Å². The van der Waals surface area contributed by atoms with Crippen LogP contribution in [0.5, 0.6) is 0 Å². The third-order valence-corrected chi connectivity index (χ3v) is 4.07. The van der Waals surface area contributed by atoms with E-state index in [0.717, 1.165) is 12.0 Å². The molecule has 0 aliphatic carbocycles. The molecule has 1 aromatic carbocycles. The lowest BCUT2D eigenvalue weighted by Gasteiger charge is -2.25. The van der Waals surface area contributed by atoms with Crippen molar-refractivity contribution in [2.75, 3.05) is 18.4 Å². The SMILES string of the molecule is O=C1CCCN1C[C@H](Nc1ncccc1[N+](=O)[O-])c1ccccc1. The fraction of sp³-hybridized carbons (Fsp3) is 0.294. The van der Waals surface area contributed by atoms with Crippen LogP contribution < -0.4 is 5.32 Å². The van der Waals surface area contributed by atoms with E-state index < -0.39 is 4.92 Å². The van der Waals surface area contributed by atoms with E-state index in [-0.39, 0.29) is 23.5 Å². The number of likely N-dealkylation sites (tertiary alicyclic amines) is 1. The highest BCUT2D eigenvalue weighted by Gasteiger charge is 2.26. The molecule has 24 heavy (non-hydrogen) atoms. The zero-order valence-electron chi connectivity index (χ0n) is 13.1. The number of carbonyl (C=O) groups is 1. The van der Waals surface area contributed by atoms with Crippen molar-refractivity contribution >= 4 is 17.4 Å². The fourth-order valence-corrected chi connectivity index (χ4v) is 2.86. The normalized spacial score (nSPS) is 15.3. The van der Waals surface area contributed by atoms with Crippen molar-refractivity contribution in [3.63, 3.8) is 0 Å². The summed E-state index contributed by atoms with van der Waals surface area (Å²) in [4.78, 5) is 28.6. The minimum absolute atomic E-state index is 0.0776. The zero-order valence-corrected chi connectivity index (χ0v) is 13.1. The van der Waals surface area contributed by atoms with Gasteiger partial charge >= 0.3 is 5.69 Å². The predicted octanol–water partition coefficient (Wildman–Crippen LogP) is 2.77. The summed E-state index contributed by atoms with van der Waals surface area (Å²) in [5, 5.41) is 14.3. The molecule has 1 N–H and O–H groups in total. The van der Waals surface area contributed by atoms with E-state index in [9.17, 15) is 14.9 Å². The first-order chi connectivity index (χ1) is 11.6. The number of nitro groups is 1. The second kappa shape index (κ2) is 7.08. The summed E-state index contributed by atoms with van der Waals surface area (Å²) < 4.78 is 0. The van der Waals surface area contributed by atoms with Crippen molar-refractivity contribution in [2.45, 2.75) is 18.9 Å². The first-order valence-electron chi connectivity index (χ1n) is 7.84. The first kappa shape index (κ1) is 15.9. The van der Waals surface area contributed by atoms with Gasteiger partial charge in [0.1, 0.15) is 0 Å². The van der Waals surface area contributed by atoms with Crippen molar-refractivity contribution in [3.05, 3.63) is 64.3 Å². The number of benzene rings is 1. The molecule has 7 nitrogen and oxygen atoms in total. The van der Waals surface area contributed by atoms with Gasteiger partial charge in [-0.15, -0.1) is 0 Å². The Morgan fingerprint density at radius 3 is 2.71 bits per heavy atom. The highest BCUT2D eigenvalue weighted by Crippen LogP contribution is 2.27. The lowest BCUT2D eigenvalue weighted by molar-refractivity contribution is -0.384. The standard InChI is InChI=1S/C17H18N4O3/c22-16-9-5-11-20(16)12-14(13-6-2-1-3-7-13)19-17-15(21(23)24)8-4-10-18-17/h1-4,6-8,10,14H,5,9,11-12H2,(H,18,19)/t14-/m0/s1. The second-order valence-electron chi connectivity index (χ2n) is 5.68. The minimum atomic E-state index is -0.460. The van der Waals surface area contributed by atoms with Crippen LogP contribution in [0.3, 0.4) is 0 Å². The van der Waals surface area contributed by atoms with E-state index in [4.69, 9.17) is 0 Å². The molecule has 124 valence electrons. The number of pyridine rings is 1. The molecular formula is C17H18N4O3. The predicted molar refractivity (Wildman–Crippen MR) is 89.5 cm³/mol. The molecule has 0 spiro atoms. The topological polar surface area (TPSA) is 88.4 Å².